The van der Waals surface area contributed by atoms with Crippen LogP contribution in [0.5, 0.6) is 0 Å². The lowest BCUT2D eigenvalue weighted by atomic mass is 10.1. The minimum Gasteiger partial charge on any atom is -0.306 e. The first kappa shape index (κ1) is 11.2. The number of unbranched alkanes of at least 4 members (excludes halogenated alkanes) is 1. The van der Waals surface area contributed by atoms with Crippen molar-refractivity contribution in [3.8, 4) is 12.3 Å². The molecule has 0 radical (unpaired) electrons. The van der Waals surface area contributed by atoms with Crippen molar-refractivity contribution in [2.24, 2.45) is 0 Å². The fraction of sp³-hybridized carbons (Fsp3) is 0.545. The van der Waals surface area contributed by atoms with Gasteiger partial charge in [-0.1, -0.05) is 0 Å². The molecule has 1 aromatic rings. The number of aromatic nitrogens is 1. The van der Waals surface area contributed by atoms with Gasteiger partial charge in [-0.2, -0.15) is 0 Å². The second-order valence-corrected chi connectivity index (χ2v) is 4.59. The smallest absolute Gasteiger partial charge is 0.112 e. The van der Waals surface area contributed by atoms with E-state index in [0.717, 1.165) is 24.4 Å². The Balaban J connectivity index is 2.39. The predicted molar refractivity (Wildman–Crippen MR) is 61.2 cm³/mol. The van der Waals surface area contributed by atoms with Crippen LogP contribution in [0.4, 0.5) is 0 Å². The van der Waals surface area contributed by atoms with Gasteiger partial charge in [-0.05, 0) is 26.8 Å². The zero-order chi connectivity index (χ0) is 10.4. The lowest BCUT2D eigenvalue weighted by Crippen LogP contribution is -2.36. The van der Waals surface area contributed by atoms with Crippen molar-refractivity contribution in [1.82, 2.24) is 10.3 Å². The summed E-state index contributed by atoms with van der Waals surface area (Å²) in [6.07, 6.45) is 8.88. The summed E-state index contributed by atoms with van der Waals surface area (Å²) in [5.74, 6) is 2.64. The molecule has 0 aliphatic carbocycles. The first-order valence-corrected chi connectivity index (χ1v) is 5.63. The SMILES string of the molecule is C#CCCCNC(C)(C)c1nccs1. The maximum atomic E-state index is 5.18. The van der Waals surface area contributed by atoms with Crippen LogP contribution in [-0.2, 0) is 5.54 Å². The zero-order valence-electron chi connectivity index (χ0n) is 8.71. The van der Waals surface area contributed by atoms with Crippen molar-refractivity contribution < 1.29 is 0 Å². The number of hydrogen-bond acceptors (Lipinski definition) is 3. The van der Waals surface area contributed by atoms with Gasteiger partial charge in [0.15, 0.2) is 0 Å². The van der Waals surface area contributed by atoms with E-state index in [2.05, 4.69) is 30.1 Å². The minimum absolute atomic E-state index is 0.0389. The number of nitrogens with zero attached hydrogens (tertiary/aromatic N) is 1. The molecule has 1 rings (SSSR count). The van der Waals surface area contributed by atoms with Crippen molar-refractivity contribution in [1.29, 1.82) is 0 Å². The van der Waals surface area contributed by atoms with Crippen molar-refractivity contribution in [2.75, 3.05) is 6.54 Å². The molecule has 0 aromatic carbocycles. The first-order valence-electron chi connectivity index (χ1n) is 4.75. The Morgan fingerprint density at radius 1 is 1.64 bits per heavy atom. The second-order valence-electron chi connectivity index (χ2n) is 3.70. The van der Waals surface area contributed by atoms with Crippen LogP contribution in [0.3, 0.4) is 0 Å². The molecule has 0 saturated carbocycles. The van der Waals surface area contributed by atoms with Gasteiger partial charge >= 0.3 is 0 Å². The Morgan fingerprint density at radius 3 is 3.00 bits per heavy atom. The Labute approximate surface area is 89.8 Å². The van der Waals surface area contributed by atoms with Gasteiger partial charge in [0.25, 0.3) is 0 Å². The molecule has 0 bridgehead atoms. The van der Waals surface area contributed by atoms with Crippen molar-refractivity contribution in [2.45, 2.75) is 32.2 Å². The van der Waals surface area contributed by atoms with Gasteiger partial charge in [-0.3, -0.25) is 0 Å². The molecule has 1 N–H and O–H groups in total. The zero-order valence-corrected chi connectivity index (χ0v) is 9.53. The number of thiazole rings is 1. The summed E-state index contributed by atoms with van der Waals surface area (Å²) in [6, 6.07) is 0. The van der Waals surface area contributed by atoms with Gasteiger partial charge in [-0.15, -0.1) is 23.7 Å². The maximum Gasteiger partial charge on any atom is 0.112 e. The first-order chi connectivity index (χ1) is 6.67. The molecule has 0 spiro atoms. The standard InChI is InChI=1S/C11H16N2S/c1-4-5-6-7-13-11(2,3)10-12-8-9-14-10/h1,8-9,13H,5-7H2,2-3H3. The summed E-state index contributed by atoms with van der Waals surface area (Å²) >= 11 is 1.68. The number of nitrogens with one attached hydrogen (secondary N) is 1. The van der Waals surface area contributed by atoms with Crippen LogP contribution in [0.1, 0.15) is 31.7 Å². The third-order valence-corrected chi connectivity index (χ3v) is 3.13. The summed E-state index contributed by atoms with van der Waals surface area (Å²) in [4.78, 5) is 4.30. The molecular weight excluding hydrogens is 192 g/mol. The van der Waals surface area contributed by atoms with Gasteiger partial charge in [0, 0.05) is 18.0 Å². The molecular formula is C11H16N2S. The minimum atomic E-state index is -0.0389. The molecule has 0 aliphatic heterocycles. The molecule has 2 nitrogen and oxygen atoms in total. The Morgan fingerprint density at radius 2 is 2.43 bits per heavy atom. The molecule has 0 fully saturated rings. The molecule has 0 unspecified atom stereocenters. The van der Waals surface area contributed by atoms with Gasteiger partial charge < -0.3 is 5.32 Å². The molecule has 76 valence electrons. The molecule has 1 heterocycles. The molecule has 0 aliphatic rings. The number of terminal acetylenes is 1. The van der Waals surface area contributed by atoms with Crippen molar-refractivity contribution in [3.05, 3.63) is 16.6 Å². The van der Waals surface area contributed by atoms with E-state index in [1.807, 2.05) is 11.6 Å². The van der Waals surface area contributed by atoms with Gasteiger partial charge in [-0.25, -0.2) is 4.98 Å². The van der Waals surface area contributed by atoms with Crippen LogP contribution in [0.25, 0.3) is 0 Å². The average molecular weight is 208 g/mol. The van der Waals surface area contributed by atoms with Crippen LogP contribution in [-0.4, -0.2) is 11.5 Å². The highest BCUT2D eigenvalue weighted by atomic mass is 32.1. The summed E-state index contributed by atoms with van der Waals surface area (Å²) in [7, 11) is 0. The topological polar surface area (TPSA) is 24.9 Å². The van der Waals surface area contributed by atoms with E-state index >= 15 is 0 Å². The van der Waals surface area contributed by atoms with Gasteiger partial charge in [0.2, 0.25) is 0 Å². The highest BCUT2D eigenvalue weighted by Gasteiger charge is 2.21. The lowest BCUT2D eigenvalue weighted by Gasteiger charge is -2.23. The molecule has 0 amide bonds. The fourth-order valence-corrected chi connectivity index (χ4v) is 1.94. The Bertz CT molecular complexity index is 296. The molecule has 1 aromatic heterocycles. The van der Waals surface area contributed by atoms with E-state index in [9.17, 15) is 0 Å². The Kier molecular flexibility index (Phi) is 4.12. The van der Waals surface area contributed by atoms with Gasteiger partial charge in [0.1, 0.15) is 5.01 Å². The van der Waals surface area contributed by atoms with E-state index in [1.165, 1.54) is 0 Å². The van der Waals surface area contributed by atoms with Gasteiger partial charge in [0.05, 0.1) is 5.54 Å². The number of hydrogen-bond donors (Lipinski definition) is 1. The third kappa shape index (κ3) is 3.13. The summed E-state index contributed by atoms with van der Waals surface area (Å²) in [6.45, 7) is 5.22. The quantitative estimate of drug-likeness (QED) is 0.593. The fourth-order valence-electron chi connectivity index (χ4n) is 1.20. The van der Waals surface area contributed by atoms with Crippen LogP contribution >= 0.6 is 11.3 Å². The summed E-state index contributed by atoms with van der Waals surface area (Å²) in [5, 5.41) is 6.57. The predicted octanol–water partition coefficient (Wildman–Crippen LogP) is 2.38. The van der Waals surface area contributed by atoms with Crippen molar-refractivity contribution in [3.63, 3.8) is 0 Å². The Hall–Kier alpha value is -0.850. The summed E-state index contributed by atoms with van der Waals surface area (Å²) in [5.41, 5.74) is -0.0389. The molecule has 0 saturated heterocycles. The number of rotatable bonds is 5. The van der Waals surface area contributed by atoms with Crippen LogP contribution in [0.15, 0.2) is 11.6 Å². The normalized spacial score (nSPS) is 11.2. The lowest BCUT2D eigenvalue weighted by molar-refractivity contribution is 0.400. The van der Waals surface area contributed by atoms with E-state index in [-0.39, 0.29) is 5.54 Å². The van der Waals surface area contributed by atoms with Crippen LogP contribution in [0.2, 0.25) is 0 Å². The molecule has 3 heteroatoms. The summed E-state index contributed by atoms with van der Waals surface area (Å²) < 4.78 is 0. The van der Waals surface area contributed by atoms with E-state index in [0.29, 0.717) is 0 Å². The largest absolute Gasteiger partial charge is 0.306 e. The molecule has 0 atom stereocenters. The maximum absolute atomic E-state index is 5.18. The van der Waals surface area contributed by atoms with Crippen molar-refractivity contribution >= 4 is 11.3 Å². The van der Waals surface area contributed by atoms with E-state index < -0.39 is 0 Å². The van der Waals surface area contributed by atoms with E-state index in [1.54, 1.807) is 11.3 Å². The third-order valence-electron chi connectivity index (χ3n) is 2.03. The monoisotopic (exact) mass is 208 g/mol. The van der Waals surface area contributed by atoms with Crippen LogP contribution in [0, 0.1) is 12.3 Å². The van der Waals surface area contributed by atoms with E-state index in [4.69, 9.17) is 6.42 Å². The highest BCUT2D eigenvalue weighted by Crippen LogP contribution is 2.21. The van der Waals surface area contributed by atoms with Crippen LogP contribution < -0.4 is 5.32 Å². The molecule has 14 heavy (non-hydrogen) atoms. The second kappa shape index (κ2) is 5.14. The average Bonchev–Trinajstić information content (AvgIpc) is 2.65. The highest BCUT2D eigenvalue weighted by molar-refractivity contribution is 7.09.